The highest BCUT2D eigenvalue weighted by Crippen LogP contribution is 2.37. The molecule has 0 fully saturated rings. The lowest BCUT2D eigenvalue weighted by atomic mass is 9.94. The Morgan fingerprint density at radius 3 is 2.00 bits per heavy atom. The predicted octanol–water partition coefficient (Wildman–Crippen LogP) is 2.69. The first kappa shape index (κ1) is 12.1. The molecule has 0 bridgehead atoms. The summed E-state index contributed by atoms with van der Waals surface area (Å²) in [6.07, 6.45) is -9.31. The van der Waals surface area contributed by atoms with Gasteiger partial charge in [0.2, 0.25) is 0 Å². The molecule has 0 spiro atoms. The van der Waals surface area contributed by atoms with Gasteiger partial charge in [-0.2, -0.15) is 26.3 Å². The highest BCUT2D eigenvalue weighted by atomic mass is 19.4. The molecule has 0 aromatic heterocycles. The van der Waals surface area contributed by atoms with Crippen LogP contribution in [0.2, 0.25) is 0 Å². The minimum Gasteiger partial charge on any atom is -0.324 e. The van der Waals surface area contributed by atoms with Crippen LogP contribution in [-0.2, 0) is 0 Å². The van der Waals surface area contributed by atoms with Crippen molar-refractivity contribution in [3.8, 4) is 0 Å². The molecule has 1 aliphatic carbocycles. The Hall–Kier alpha value is -0.980. The molecule has 0 amide bonds. The van der Waals surface area contributed by atoms with Crippen LogP contribution in [0.4, 0.5) is 26.3 Å². The van der Waals surface area contributed by atoms with Gasteiger partial charge < -0.3 is 5.73 Å². The van der Waals surface area contributed by atoms with Gasteiger partial charge in [0.1, 0.15) is 0 Å². The van der Waals surface area contributed by atoms with Crippen molar-refractivity contribution in [3.63, 3.8) is 0 Å². The Balaban J connectivity index is 3.06. The number of alkyl halides is 6. The minimum absolute atomic E-state index is 0.0637. The van der Waals surface area contributed by atoms with Crippen molar-refractivity contribution in [2.75, 3.05) is 0 Å². The lowest BCUT2D eigenvalue weighted by Crippen LogP contribution is -2.34. The molecule has 1 unspecified atom stereocenters. The van der Waals surface area contributed by atoms with Crippen LogP contribution in [0, 0.1) is 0 Å². The SMILES string of the molecule is NC1CC=C(C(F)(F)F)C=C1C(F)(F)F. The summed E-state index contributed by atoms with van der Waals surface area (Å²) < 4.78 is 73.0. The summed E-state index contributed by atoms with van der Waals surface area (Å²) in [7, 11) is 0. The fourth-order valence-corrected chi connectivity index (χ4v) is 1.20. The molecule has 86 valence electrons. The van der Waals surface area contributed by atoms with Crippen molar-refractivity contribution in [2.45, 2.75) is 24.8 Å². The number of hydrogen-bond acceptors (Lipinski definition) is 1. The van der Waals surface area contributed by atoms with E-state index in [9.17, 15) is 26.3 Å². The first-order valence-corrected chi connectivity index (χ1v) is 3.94. The molecule has 0 aromatic rings. The Morgan fingerprint density at radius 1 is 1.07 bits per heavy atom. The number of allylic oxidation sites excluding steroid dienone is 2. The van der Waals surface area contributed by atoms with E-state index in [1.165, 1.54) is 0 Å². The van der Waals surface area contributed by atoms with Gasteiger partial charge in [0, 0.05) is 6.04 Å². The molecule has 15 heavy (non-hydrogen) atoms. The Labute approximate surface area is 81.2 Å². The standard InChI is InChI=1S/C8H7F6N/c9-7(10,11)4-1-2-6(15)5(3-4)8(12,13)14/h1,3,6H,2,15H2. The molecule has 0 saturated heterocycles. The maximum Gasteiger partial charge on any atom is 0.416 e. The van der Waals surface area contributed by atoms with Gasteiger partial charge in [0.25, 0.3) is 0 Å². The number of hydrogen-bond donors (Lipinski definition) is 1. The van der Waals surface area contributed by atoms with Crippen LogP contribution >= 0.6 is 0 Å². The Morgan fingerprint density at radius 2 is 1.60 bits per heavy atom. The molecular weight excluding hydrogens is 224 g/mol. The van der Waals surface area contributed by atoms with Gasteiger partial charge in [-0.05, 0) is 12.5 Å². The van der Waals surface area contributed by atoms with Crippen molar-refractivity contribution < 1.29 is 26.3 Å². The summed E-state index contributed by atoms with van der Waals surface area (Å²) in [4.78, 5) is 0. The van der Waals surface area contributed by atoms with Gasteiger partial charge in [-0.25, -0.2) is 0 Å². The van der Waals surface area contributed by atoms with Crippen LogP contribution in [0.5, 0.6) is 0 Å². The average molecular weight is 231 g/mol. The molecule has 0 saturated carbocycles. The summed E-state index contributed by atoms with van der Waals surface area (Å²) in [5, 5.41) is 0. The second-order valence-corrected chi connectivity index (χ2v) is 3.10. The first-order valence-electron chi connectivity index (χ1n) is 3.94. The van der Waals surface area contributed by atoms with E-state index < -0.39 is 36.0 Å². The zero-order valence-corrected chi connectivity index (χ0v) is 7.28. The maximum atomic E-state index is 12.2. The van der Waals surface area contributed by atoms with Crippen LogP contribution in [-0.4, -0.2) is 18.4 Å². The smallest absolute Gasteiger partial charge is 0.324 e. The van der Waals surface area contributed by atoms with Crippen LogP contribution < -0.4 is 5.73 Å². The highest BCUT2D eigenvalue weighted by molar-refractivity contribution is 5.36. The van der Waals surface area contributed by atoms with E-state index in [4.69, 9.17) is 5.73 Å². The number of nitrogens with two attached hydrogens (primary N) is 1. The van der Waals surface area contributed by atoms with Gasteiger partial charge in [0.15, 0.2) is 0 Å². The summed E-state index contributed by atoms with van der Waals surface area (Å²) in [5.74, 6) is 0. The predicted molar refractivity (Wildman–Crippen MR) is 40.9 cm³/mol. The second kappa shape index (κ2) is 3.55. The fraction of sp³-hybridized carbons (Fsp3) is 0.500. The van der Waals surface area contributed by atoms with Gasteiger partial charge >= 0.3 is 12.4 Å². The lowest BCUT2D eigenvalue weighted by molar-refractivity contribution is -0.0999. The molecule has 1 nitrogen and oxygen atoms in total. The van der Waals surface area contributed by atoms with Gasteiger partial charge in [0.05, 0.1) is 11.1 Å². The third-order valence-corrected chi connectivity index (χ3v) is 1.96. The van der Waals surface area contributed by atoms with E-state index in [0.29, 0.717) is 6.08 Å². The normalized spacial score (nSPS) is 23.5. The van der Waals surface area contributed by atoms with E-state index in [-0.39, 0.29) is 6.08 Å². The molecule has 0 aliphatic heterocycles. The molecule has 0 heterocycles. The molecule has 0 aromatic carbocycles. The van der Waals surface area contributed by atoms with Crippen molar-refractivity contribution in [1.29, 1.82) is 0 Å². The first-order chi connectivity index (χ1) is 6.62. The van der Waals surface area contributed by atoms with Crippen LogP contribution in [0.25, 0.3) is 0 Å². The van der Waals surface area contributed by atoms with Crippen molar-refractivity contribution in [1.82, 2.24) is 0 Å². The molecule has 7 heteroatoms. The third-order valence-electron chi connectivity index (χ3n) is 1.96. The Bertz CT molecular complexity index is 308. The van der Waals surface area contributed by atoms with Crippen LogP contribution in [0.15, 0.2) is 23.3 Å². The van der Waals surface area contributed by atoms with E-state index >= 15 is 0 Å². The van der Waals surface area contributed by atoms with Crippen LogP contribution in [0.1, 0.15) is 6.42 Å². The van der Waals surface area contributed by atoms with Gasteiger partial charge in [-0.1, -0.05) is 6.08 Å². The van der Waals surface area contributed by atoms with E-state index in [1.54, 1.807) is 0 Å². The molecular formula is C8H7F6N. The molecule has 0 radical (unpaired) electrons. The second-order valence-electron chi connectivity index (χ2n) is 3.10. The zero-order chi connectivity index (χ0) is 11.9. The summed E-state index contributed by atoms with van der Waals surface area (Å²) >= 11 is 0. The largest absolute Gasteiger partial charge is 0.416 e. The molecule has 1 atom stereocenters. The van der Waals surface area contributed by atoms with E-state index in [1.807, 2.05) is 0 Å². The molecule has 1 aliphatic rings. The van der Waals surface area contributed by atoms with Gasteiger partial charge in [-0.3, -0.25) is 0 Å². The van der Waals surface area contributed by atoms with Crippen molar-refractivity contribution in [2.24, 2.45) is 5.73 Å². The summed E-state index contributed by atoms with van der Waals surface area (Å²) in [6.45, 7) is 0. The third kappa shape index (κ3) is 2.74. The quantitative estimate of drug-likeness (QED) is 0.637. The topological polar surface area (TPSA) is 26.0 Å². The van der Waals surface area contributed by atoms with E-state index in [2.05, 4.69) is 0 Å². The van der Waals surface area contributed by atoms with Crippen molar-refractivity contribution in [3.05, 3.63) is 23.3 Å². The minimum atomic E-state index is -4.82. The summed E-state index contributed by atoms with van der Waals surface area (Å²) in [5.41, 5.74) is 2.44. The Kier molecular flexibility index (Phi) is 2.86. The fourth-order valence-electron chi connectivity index (χ4n) is 1.20. The average Bonchev–Trinajstić information content (AvgIpc) is 2.00. The van der Waals surface area contributed by atoms with E-state index in [0.717, 1.165) is 0 Å². The highest BCUT2D eigenvalue weighted by Gasteiger charge is 2.42. The lowest BCUT2D eigenvalue weighted by Gasteiger charge is -2.23. The van der Waals surface area contributed by atoms with Crippen LogP contribution in [0.3, 0.4) is 0 Å². The summed E-state index contributed by atoms with van der Waals surface area (Å²) in [6, 6.07) is -1.42. The zero-order valence-electron chi connectivity index (χ0n) is 7.28. The monoisotopic (exact) mass is 231 g/mol. The molecule has 1 rings (SSSR count). The molecule has 2 N–H and O–H groups in total. The number of halogens is 6. The number of rotatable bonds is 0. The van der Waals surface area contributed by atoms with Crippen molar-refractivity contribution >= 4 is 0 Å². The van der Waals surface area contributed by atoms with Gasteiger partial charge in [-0.15, -0.1) is 0 Å². The maximum absolute atomic E-state index is 12.2.